The maximum Gasteiger partial charge on any atom is 0.259 e. The van der Waals surface area contributed by atoms with E-state index in [9.17, 15) is 4.79 Å². The molecule has 0 aliphatic rings. The summed E-state index contributed by atoms with van der Waals surface area (Å²) in [6.07, 6.45) is 1.58. The molecule has 0 fully saturated rings. The van der Waals surface area contributed by atoms with Crippen molar-refractivity contribution in [2.24, 2.45) is 0 Å². The molecule has 1 aromatic carbocycles. The van der Waals surface area contributed by atoms with Gasteiger partial charge in [-0.05, 0) is 30.3 Å². The Labute approximate surface area is 121 Å². The Morgan fingerprint density at radius 2 is 1.95 bits per heavy atom. The topological polar surface area (TPSA) is 102 Å². The molecule has 1 heterocycles. The minimum atomic E-state index is -0.346. The molecule has 0 saturated carbocycles. The van der Waals surface area contributed by atoms with Gasteiger partial charge < -0.3 is 10.6 Å². The molecule has 2 aromatic rings. The van der Waals surface area contributed by atoms with Crippen molar-refractivity contribution in [3.05, 3.63) is 53.2 Å². The smallest absolute Gasteiger partial charge is 0.259 e. The van der Waals surface area contributed by atoms with E-state index in [-0.39, 0.29) is 17.0 Å². The number of amides is 1. The summed E-state index contributed by atoms with van der Waals surface area (Å²) in [4.78, 5) is 16.3. The molecule has 2 rings (SSSR count). The second-order valence-corrected chi connectivity index (χ2v) is 4.09. The Kier molecular flexibility index (Phi) is 4.13. The first kappa shape index (κ1) is 14.0. The molecule has 0 radical (unpaired) electrons. The fourth-order valence-corrected chi connectivity index (χ4v) is 1.80. The first-order valence-corrected chi connectivity index (χ1v) is 6.08. The van der Waals surface area contributed by atoms with Crippen LogP contribution < -0.4 is 10.6 Å². The lowest BCUT2D eigenvalue weighted by Gasteiger charge is -2.09. The van der Waals surface area contributed by atoms with Gasteiger partial charge in [-0.25, -0.2) is 4.98 Å². The van der Waals surface area contributed by atoms with Crippen molar-refractivity contribution in [1.29, 1.82) is 10.5 Å². The number of aromatic nitrogens is 1. The number of nitrogens with one attached hydrogen (secondary N) is 2. The first-order chi connectivity index (χ1) is 10.2. The zero-order valence-electron chi connectivity index (χ0n) is 11.2. The summed E-state index contributed by atoms with van der Waals surface area (Å²) >= 11 is 0. The van der Waals surface area contributed by atoms with Crippen LogP contribution in [-0.2, 0) is 0 Å². The van der Waals surface area contributed by atoms with E-state index >= 15 is 0 Å². The molecular formula is C15H11N5O. The van der Waals surface area contributed by atoms with Crippen molar-refractivity contribution < 1.29 is 4.79 Å². The predicted octanol–water partition coefficient (Wildman–Crippen LogP) is 2.12. The third kappa shape index (κ3) is 2.96. The minimum absolute atomic E-state index is 0.218. The average Bonchev–Trinajstić information content (AvgIpc) is 2.54. The Hall–Kier alpha value is -3.38. The van der Waals surface area contributed by atoms with Gasteiger partial charge in [-0.2, -0.15) is 10.5 Å². The molecule has 0 unspecified atom stereocenters. The number of carbonyl (C=O) groups excluding carboxylic acids is 1. The maximum atomic E-state index is 12.2. The Morgan fingerprint density at radius 1 is 1.19 bits per heavy atom. The van der Waals surface area contributed by atoms with Crippen molar-refractivity contribution in [3.8, 4) is 12.1 Å². The number of anilines is 2. The van der Waals surface area contributed by atoms with E-state index in [0.717, 1.165) is 0 Å². The predicted molar refractivity (Wildman–Crippen MR) is 77.6 cm³/mol. The van der Waals surface area contributed by atoms with Gasteiger partial charge in [0, 0.05) is 18.9 Å². The monoisotopic (exact) mass is 277 g/mol. The van der Waals surface area contributed by atoms with Crippen molar-refractivity contribution >= 4 is 17.4 Å². The highest BCUT2D eigenvalue weighted by Crippen LogP contribution is 2.17. The van der Waals surface area contributed by atoms with Crippen molar-refractivity contribution in [2.75, 3.05) is 17.7 Å². The summed E-state index contributed by atoms with van der Waals surface area (Å²) in [5.74, 6) is 0.116. The molecule has 6 nitrogen and oxygen atoms in total. The average molecular weight is 277 g/mol. The van der Waals surface area contributed by atoms with Crippen LogP contribution >= 0.6 is 0 Å². The summed E-state index contributed by atoms with van der Waals surface area (Å²) < 4.78 is 0. The molecule has 21 heavy (non-hydrogen) atoms. The highest BCUT2D eigenvalue weighted by atomic mass is 16.1. The highest BCUT2D eigenvalue weighted by Gasteiger charge is 2.12. The van der Waals surface area contributed by atoms with Crippen molar-refractivity contribution in [2.45, 2.75) is 0 Å². The fourth-order valence-electron chi connectivity index (χ4n) is 1.80. The fraction of sp³-hybridized carbons (Fsp3) is 0.0667. The lowest BCUT2D eigenvalue weighted by atomic mass is 10.1. The second kappa shape index (κ2) is 6.18. The Bertz CT molecular complexity index is 770. The molecular weight excluding hydrogens is 266 g/mol. The number of nitriles is 2. The summed E-state index contributed by atoms with van der Waals surface area (Å²) in [5, 5.41) is 23.4. The normalized spacial score (nSPS) is 9.29. The summed E-state index contributed by atoms with van der Waals surface area (Å²) in [5.41, 5.74) is 1.33. The lowest BCUT2D eigenvalue weighted by Crippen LogP contribution is -2.14. The van der Waals surface area contributed by atoms with Gasteiger partial charge in [-0.3, -0.25) is 4.79 Å². The number of hydrogen-bond donors (Lipinski definition) is 2. The molecule has 0 aliphatic carbocycles. The van der Waals surface area contributed by atoms with E-state index in [1.807, 2.05) is 12.1 Å². The van der Waals surface area contributed by atoms with Crippen LogP contribution in [0.25, 0.3) is 0 Å². The van der Waals surface area contributed by atoms with Crippen molar-refractivity contribution in [3.63, 3.8) is 0 Å². The molecule has 102 valence electrons. The molecule has 0 bridgehead atoms. The SMILES string of the molecule is CNc1ncccc1C(=O)Nc1ccc(C#N)c(C#N)c1. The van der Waals surface area contributed by atoms with Gasteiger partial charge in [0.05, 0.1) is 16.7 Å². The molecule has 0 saturated heterocycles. The molecule has 0 spiro atoms. The zero-order valence-corrected chi connectivity index (χ0v) is 11.2. The quantitative estimate of drug-likeness (QED) is 0.894. The number of rotatable bonds is 3. The number of benzene rings is 1. The minimum Gasteiger partial charge on any atom is -0.372 e. The van der Waals surface area contributed by atoms with E-state index in [0.29, 0.717) is 17.1 Å². The van der Waals surface area contributed by atoms with Crippen LogP contribution in [-0.4, -0.2) is 17.9 Å². The number of hydrogen-bond acceptors (Lipinski definition) is 5. The van der Waals surface area contributed by atoms with Crippen LogP contribution in [0, 0.1) is 22.7 Å². The number of carbonyl (C=O) groups is 1. The van der Waals surface area contributed by atoms with Crippen LogP contribution in [0.15, 0.2) is 36.5 Å². The van der Waals surface area contributed by atoms with Crippen LogP contribution in [0.2, 0.25) is 0 Å². The van der Waals surface area contributed by atoms with Gasteiger partial charge in [0.1, 0.15) is 18.0 Å². The van der Waals surface area contributed by atoms with Gasteiger partial charge in [-0.1, -0.05) is 0 Å². The van der Waals surface area contributed by atoms with Crippen LogP contribution in [0.5, 0.6) is 0 Å². The van der Waals surface area contributed by atoms with E-state index in [1.165, 1.54) is 12.1 Å². The molecule has 2 N–H and O–H groups in total. The number of pyridine rings is 1. The van der Waals surface area contributed by atoms with E-state index in [4.69, 9.17) is 10.5 Å². The Morgan fingerprint density at radius 3 is 2.62 bits per heavy atom. The van der Waals surface area contributed by atoms with Crippen molar-refractivity contribution in [1.82, 2.24) is 4.98 Å². The van der Waals surface area contributed by atoms with E-state index in [2.05, 4.69) is 15.6 Å². The lowest BCUT2D eigenvalue weighted by molar-refractivity contribution is 0.102. The van der Waals surface area contributed by atoms with Gasteiger partial charge in [0.2, 0.25) is 0 Å². The van der Waals surface area contributed by atoms with Gasteiger partial charge >= 0.3 is 0 Å². The molecule has 0 aliphatic heterocycles. The molecule has 1 amide bonds. The van der Waals surface area contributed by atoms with Crippen LogP contribution in [0.1, 0.15) is 21.5 Å². The van der Waals surface area contributed by atoms with Gasteiger partial charge in [0.25, 0.3) is 5.91 Å². The number of nitrogens with zero attached hydrogens (tertiary/aromatic N) is 3. The third-order valence-corrected chi connectivity index (χ3v) is 2.81. The summed E-state index contributed by atoms with van der Waals surface area (Å²) in [6.45, 7) is 0. The standard InChI is InChI=1S/C15H11N5O/c1-18-14-13(3-2-6-19-14)15(21)20-12-5-4-10(8-16)11(7-12)9-17/h2-7H,1H3,(H,18,19)(H,20,21). The Balaban J connectivity index is 2.29. The third-order valence-electron chi connectivity index (χ3n) is 2.81. The molecule has 6 heteroatoms. The highest BCUT2D eigenvalue weighted by molar-refractivity contribution is 6.07. The van der Waals surface area contributed by atoms with Crippen LogP contribution in [0.3, 0.4) is 0 Å². The van der Waals surface area contributed by atoms with Gasteiger partial charge in [0.15, 0.2) is 0 Å². The summed E-state index contributed by atoms with van der Waals surface area (Å²) in [7, 11) is 1.68. The molecule has 0 atom stereocenters. The van der Waals surface area contributed by atoms with Gasteiger partial charge in [-0.15, -0.1) is 0 Å². The maximum absolute atomic E-state index is 12.2. The summed E-state index contributed by atoms with van der Waals surface area (Å²) in [6, 6.07) is 11.7. The van der Waals surface area contributed by atoms with E-state index < -0.39 is 0 Å². The van der Waals surface area contributed by atoms with E-state index in [1.54, 1.807) is 31.4 Å². The zero-order chi connectivity index (χ0) is 15.2. The molecule has 1 aromatic heterocycles. The second-order valence-electron chi connectivity index (χ2n) is 4.09. The first-order valence-electron chi connectivity index (χ1n) is 6.08. The van der Waals surface area contributed by atoms with Crippen LogP contribution in [0.4, 0.5) is 11.5 Å². The largest absolute Gasteiger partial charge is 0.372 e.